The second-order valence-electron chi connectivity index (χ2n) is 6.60. The lowest BCUT2D eigenvalue weighted by Gasteiger charge is -2.35. The van der Waals surface area contributed by atoms with Crippen molar-refractivity contribution in [2.24, 2.45) is 0 Å². The number of tetrazole rings is 1. The molecule has 134 valence electrons. The lowest BCUT2D eigenvalue weighted by atomic mass is 10.0. The van der Waals surface area contributed by atoms with E-state index >= 15 is 0 Å². The lowest BCUT2D eigenvalue weighted by molar-refractivity contribution is -0.132. The van der Waals surface area contributed by atoms with Crippen molar-refractivity contribution in [2.45, 2.75) is 57.7 Å². The monoisotopic (exact) mass is 359 g/mol. The Hall–Kier alpha value is -1.89. The molecule has 25 heavy (non-hydrogen) atoms. The highest BCUT2D eigenvalue weighted by Crippen LogP contribution is 2.24. The Morgan fingerprint density at radius 1 is 1.32 bits per heavy atom. The van der Waals surface area contributed by atoms with Gasteiger partial charge in [-0.3, -0.25) is 4.79 Å². The number of nitrogens with zero attached hydrogens (tertiary/aromatic N) is 5. The molecule has 0 aliphatic carbocycles. The number of thioether (sulfide) groups is 1. The molecule has 1 aromatic carbocycles. The summed E-state index contributed by atoms with van der Waals surface area (Å²) in [7, 11) is 0. The summed E-state index contributed by atoms with van der Waals surface area (Å²) in [6.07, 6.45) is 4.47. The summed E-state index contributed by atoms with van der Waals surface area (Å²) in [6.45, 7) is 7.12. The first kappa shape index (κ1) is 17.9. The van der Waals surface area contributed by atoms with E-state index in [9.17, 15) is 4.79 Å². The van der Waals surface area contributed by atoms with E-state index in [0.29, 0.717) is 17.0 Å². The van der Waals surface area contributed by atoms with Gasteiger partial charge in [0.15, 0.2) is 0 Å². The molecule has 1 fully saturated rings. The van der Waals surface area contributed by atoms with E-state index in [0.717, 1.165) is 42.6 Å². The molecule has 6 nitrogen and oxygen atoms in total. The van der Waals surface area contributed by atoms with Crippen molar-refractivity contribution < 1.29 is 4.79 Å². The van der Waals surface area contributed by atoms with Gasteiger partial charge in [-0.15, -0.1) is 5.10 Å². The molecule has 1 atom stereocenters. The third-order valence-electron chi connectivity index (χ3n) is 4.78. The van der Waals surface area contributed by atoms with Gasteiger partial charge in [-0.25, -0.2) is 0 Å². The van der Waals surface area contributed by atoms with Crippen molar-refractivity contribution in [1.82, 2.24) is 25.1 Å². The van der Waals surface area contributed by atoms with Gasteiger partial charge in [0.1, 0.15) is 0 Å². The summed E-state index contributed by atoms with van der Waals surface area (Å²) in [5, 5.41) is 12.7. The standard InChI is InChI=1S/C18H25N5OS/c1-4-15-7-5-6-10-22(15)17(24)12-25-18-19-20-21-23(18)16-11-13(2)8-9-14(16)3/h8-9,11,15H,4-7,10,12H2,1-3H3. The minimum absolute atomic E-state index is 0.187. The molecule has 1 saturated heterocycles. The quantitative estimate of drug-likeness (QED) is 0.767. The maximum Gasteiger partial charge on any atom is 0.233 e. The molecule has 2 aromatic rings. The van der Waals surface area contributed by atoms with Crippen LogP contribution in [0.2, 0.25) is 0 Å². The number of aromatic nitrogens is 4. The number of piperidine rings is 1. The summed E-state index contributed by atoms with van der Waals surface area (Å²) < 4.78 is 1.73. The predicted octanol–water partition coefficient (Wildman–Crippen LogP) is 3.16. The number of amides is 1. The Kier molecular flexibility index (Phi) is 5.73. The van der Waals surface area contributed by atoms with Crippen molar-refractivity contribution in [3.8, 4) is 5.69 Å². The fourth-order valence-electron chi connectivity index (χ4n) is 3.33. The predicted molar refractivity (Wildman–Crippen MR) is 99.0 cm³/mol. The third-order valence-corrected chi connectivity index (χ3v) is 5.68. The van der Waals surface area contributed by atoms with E-state index in [2.05, 4.69) is 40.6 Å². The Balaban J connectivity index is 1.71. The zero-order valence-corrected chi connectivity index (χ0v) is 15.9. The normalized spacial score (nSPS) is 17.7. The highest BCUT2D eigenvalue weighted by atomic mass is 32.2. The van der Waals surface area contributed by atoms with Gasteiger partial charge in [0.2, 0.25) is 11.1 Å². The van der Waals surface area contributed by atoms with Crippen LogP contribution in [0.25, 0.3) is 5.69 Å². The molecule has 0 bridgehead atoms. The van der Waals surface area contributed by atoms with Crippen molar-refractivity contribution in [1.29, 1.82) is 0 Å². The second-order valence-corrected chi connectivity index (χ2v) is 7.54. The van der Waals surface area contributed by atoms with E-state index in [1.165, 1.54) is 18.2 Å². The van der Waals surface area contributed by atoms with E-state index in [1.807, 2.05) is 18.7 Å². The van der Waals surface area contributed by atoms with Gasteiger partial charge in [-0.1, -0.05) is 30.8 Å². The molecule has 1 unspecified atom stereocenters. The average molecular weight is 359 g/mol. The summed E-state index contributed by atoms with van der Waals surface area (Å²) >= 11 is 1.41. The molecule has 1 aliphatic rings. The van der Waals surface area contributed by atoms with Gasteiger partial charge in [-0.05, 0) is 67.2 Å². The molecule has 3 rings (SSSR count). The summed E-state index contributed by atoms with van der Waals surface area (Å²) in [5.41, 5.74) is 3.22. The first-order valence-electron chi connectivity index (χ1n) is 8.88. The molecule has 0 saturated carbocycles. The number of likely N-dealkylation sites (tertiary alicyclic amines) is 1. The number of carbonyl (C=O) groups is 1. The van der Waals surface area contributed by atoms with Gasteiger partial charge >= 0.3 is 0 Å². The zero-order chi connectivity index (χ0) is 17.8. The molecule has 7 heteroatoms. The molecular weight excluding hydrogens is 334 g/mol. The van der Waals surface area contributed by atoms with Crippen molar-refractivity contribution in [3.05, 3.63) is 29.3 Å². The maximum atomic E-state index is 12.7. The summed E-state index contributed by atoms with van der Waals surface area (Å²) in [6, 6.07) is 6.58. The number of rotatable bonds is 5. The Morgan fingerprint density at radius 3 is 2.96 bits per heavy atom. The molecule has 0 radical (unpaired) electrons. The van der Waals surface area contributed by atoms with Crippen molar-refractivity contribution in [3.63, 3.8) is 0 Å². The van der Waals surface area contributed by atoms with Crippen LogP contribution in [0, 0.1) is 13.8 Å². The van der Waals surface area contributed by atoms with Gasteiger partial charge in [0.05, 0.1) is 11.4 Å². The minimum Gasteiger partial charge on any atom is -0.339 e. The fraction of sp³-hybridized carbons (Fsp3) is 0.556. The summed E-state index contributed by atoms with van der Waals surface area (Å²) in [4.78, 5) is 14.7. The van der Waals surface area contributed by atoms with Crippen LogP contribution in [0.4, 0.5) is 0 Å². The number of hydrogen-bond donors (Lipinski definition) is 0. The van der Waals surface area contributed by atoms with E-state index in [1.54, 1.807) is 4.68 Å². The van der Waals surface area contributed by atoms with Crippen LogP contribution in [0.3, 0.4) is 0 Å². The van der Waals surface area contributed by atoms with Gasteiger partial charge in [0.25, 0.3) is 0 Å². The van der Waals surface area contributed by atoms with Gasteiger partial charge in [-0.2, -0.15) is 4.68 Å². The highest BCUT2D eigenvalue weighted by molar-refractivity contribution is 7.99. The third kappa shape index (κ3) is 4.03. The Bertz CT molecular complexity index is 745. The first-order valence-corrected chi connectivity index (χ1v) is 9.87. The Labute approximate surface area is 153 Å². The molecule has 1 aliphatic heterocycles. The topological polar surface area (TPSA) is 63.9 Å². The van der Waals surface area contributed by atoms with Crippen LogP contribution >= 0.6 is 11.8 Å². The summed E-state index contributed by atoms with van der Waals surface area (Å²) in [5.74, 6) is 0.564. The van der Waals surface area contributed by atoms with Crippen LogP contribution in [0.15, 0.2) is 23.4 Å². The van der Waals surface area contributed by atoms with Gasteiger partial charge < -0.3 is 4.90 Å². The van der Waals surface area contributed by atoms with Crippen LogP contribution in [0.5, 0.6) is 0 Å². The van der Waals surface area contributed by atoms with E-state index in [-0.39, 0.29) is 5.91 Å². The van der Waals surface area contributed by atoms with E-state index < -0.39 is 0 Å². The molecule has 1 amide bonds. The average Bonchev–Trinajstić information content (AvgIpc) is 3.10. The number of benzene rings is 1. The van der Waals surface area contributed by atoms with E-state index in [4.69, 9.17) is 0 Å². The zero-order valence-electron chi connectivity index (χ0n) is 15.1. The minimum atomic E-state index is 0.187. The lowest BCUT2D eigenvalue weighted by Crippen LogP contribution is -2.44. The van der Waals surface area contributed by atoms with Crippen LogP contribution < -0.4 is 0 Å². The SMILES string of the molecule is CCC1CCCCN1C(=O)CSc1nnnn1-c1cc(C)ccc1C. The molecular formula is C18H25N5OS. The molecule has 0 spiro atoms. The van der Waals surface area contributed by atoms with Crippen molar-refractivity contribution in [2.75, 3.05) is 12.3 Å². The Morgan fingerprint density at radius 2 is 2.16 bits per heavy atom. The molecule has 2 heterocycles. The van der Waals surface area contributed by atoms with Crippen molar-refractivity contribution >= 4 is 17.7 Å². The maximum absolute atomic E-state index is 12.7. The van der Waals surface area contributed by atoms with Crippen LogP contribution in [-0.2, 0) is 4.79 Å². The molecule has 0 N–H and O–H groups in total. The van der Waals surface area contributed by atoms with Crippen LogP contribution in [0.1, 0.15) is 43.7 Å². The first-order chi connectivity index (χ1) is 12.1. The fourth-order valence-corrected chi connectivity index (χ4v) is 4.10. The number of carbonyl (C=O) groups excluding carboxylic acids is 1. The number of hydrogen-bond acceptors (Lipinski definition) is 5. The second kappa shape index (κ2) is 7.99. The smallest absolute Gasteiger partial charge is 0.233 e. The van der Waals surface area contributed by atoms with Gasteiger partial charge in [0, 0.05) is 12.6 Å². The highest BCUT2D eigenvalue weighted by Gasteiger charge is 2.25. The number of aryl methyl sites for hydroxylation is 2. The van der Waals surface area contributed by atoms with Crippen LogP contribution in [-0.4, -0.2) is 49.4 Å². The largest absolute Gasteiger partial charge is 0.339 e. The molecule has 1 aromatic heterocycles.